The molecule has 0 fully saturated rings. The Morgan fingerprint density at radius 1 is 1.03 bits per heavy atom. The molecule has 10 heteroatoms. The number of hydrogen-bond donors (Lipinski definition) is 0. The smallest absolute Gasteiger partial charge is 0.269 e. The van der Waals surface area contributed by atoms with E-state index >= 15 is 0 Å². The van der Waals surface area contributed by atoms with Crippen LogP contribution in [0.3, 0.4) is 0 Å². The molecular weight excluding hydrogens is 498 g/mol. The maximum atomic E-state index is 13.9. The summed E-state index contributed by atoms with van der Waals surface area (Å²) in [6, 6.07) is 19.2. The first kappa shape index (κ1) is 27.5. The molecule has 1 aromatic heterocycles. The molecule has 1 heterocycles. The molecule has 1 unspecified atom stereocenters. The van der Waals surface area contributed by atoms with Gasteiger partial charge in [-0.05, 0) is 64.3 Å². The van der Waals surface area contributed by atoms with Gasteiger partial charge in [-0.2, -0.15) is 0 Å². The molecule has 0 aliphatic heterocycles. The zero-order chi connectivity index (χ0) is 28.1. The van der Waals surface area contributed by atoms with Crippen LogP contribution in [0.4, 0.5) is 5.69 Å². The van der Waals surface area contributed by atoms with Crippen LogP contribution < -0.4 is 10.3 Å². The standard InChI is InChI=1S/C29H31N5O5/c1-5-39-26-13-9-8-12-25(26)33-27(30-24-11-7-6-10-23(24)29(33)36)20(2)32(19-18-31(3)4)28(35)21-14-16-22(17-15-21)34(37)38/h6-17,20H,5,18-19H2,1-4H3. The van der Waals surface area contributed by atoms with Crippen molar-refractivity contribution in [3.63, 3.8) is 0 Å². The number of rotatable bonds is 10. The van der Waals surface area contributed by atoms with Crippen LogP contribution in [0.25, 0.3) is 16.6 Å². The highest BCUT2D eigenvalue weighted by Gasteiger charge is 2.28. The monoisotopic (exact) mass is 529 g/mol. The van der Waals surface area contributed by atoms with E-state index in [0.717, 1.165) is 0 Å². The third-order valence-corrected chi connectivity index (χ3v) is 6.42. The molecule has 1 atom stereocenters. The second-order valence-corrected chi connectivity index (χ2v) is 9.31. The summed E-state index contributed by atoms with van der Waals surface area (Å²) in [6.45, 7) is 4.99. The number of hydrogen-bond acceptors (Lipinski definition) is 7. The fraction of sp³-hybridized carbons (Fsp3) is 0.276. The van der Waals surface area contributed by atoms with Gasteiger partial charge in [-0.15, -0.1) is 0 Å². The number of para-hydroxylation sites is 3. The molecule has 10 nitrogen and oxygen atoms in total. The van der Waals surface area contributed by atoms with Crippen molar-refractivity contribution in [1.82, 2.24) is 19.4 Å². The summed E-state index contributed by atoms with van der Waals surface area (Å²) in [7, 11) is 3.81. The summed E-state index contributed by atoms with van der Waals surface area (Å²) in [6.07, 6.45) is 0. The van der Waals surface area contributed by atoms with Gasteiger partial charge in [0.1, 0.15) is 11.6 Å². The van der Waals surface area contributed by atoms with Crippen molar-refractivity contribution in [3.05, 3.63) is 105 Å². The van der Waals surface area contributed by atoms with Gasteiger partial charge in [0.15, 0.2) is 0 Å². The number of aromatic nitrogens is 2. The van der Waals surface area contributed by atoms with Gasteiger partial charge in [0.2, 0.25) is 0 Å². The molecule has 0 aliphatic carbocycles. The lowest BCUT2D eigenvalue weighted by molar-refractivity contribution is -0.384. The Bertz CT molecular complexity index is 1550. The van der Waals surface area contributed by atoms with Crippen LogP contribution in [0, 0.1) is 10.1 Å². The lowest BCUT2D eigenvalue weighted by Crippen LogP contribution is -2.41. The van der Waals surface area contributed by atoms with E-state index in [1.54, 1.807) is 35.2 Å². The Morgan fingerprint density at radius 3 is 2.36 bits per heavy atom. The average molecular weight is 530 g/mol. The fourth-order valence-corrected chi connectivity index (χ4v) is 4.39. The molecule has 4 rings (SSSR count). The van der Waals surface area contributed by atoms with Crippen molar-refractivity contribution < 1.29 is 14.5 Å². The van der Waals surface area contributed by atoms with Gasteiger partial charge < -0.3 is 14.5 Å². The molecule has 0 bridgehead atoms. The zero-order valence-electron chi connectivity index (χ0n) is 22.4. The second kappa shape index (κ2) is 11.9. The van der Waals surface area contributed by atoms with Crippen molar-refractivity contribution in [3.8, 4) is 11.4 Å². The lowest BCUT2D eigenvalue weighted by Gasteiger charge is -2.31. The normalized spacial score (nSPS) is 11.9. The summed E-state index contributed by atoms with van der Waals surface area (Å²) in [5.41, 5.74) is 0.974. The first-order valence-electron chi connectivity index (χ1n) is 12.7. The van der Waals surface area contributed by atoms with Gasteiger partial charge in [-0.3, -0.25) is 24.3 Å². The predicted octanol–water partition coefficient (Wildman–Crippen LogP) is 4.46. The minimum Gasteiger partial charge on any atom is -0.492 e. The Balaban J connectivity index is 1.90. The highest BCUT2D eigenvalue weighted by atomic mass is 16.6. The number of benzene rings is 3. The van der Waals surface area contributed by atoms with E-state index in [1.807, 2.05) is 51.0 Å². The van der Waals surface area contributed by atoms with Crippen LogP contribution in [-0.4, -0.2) is 64.0 Å². The van der Waals surface area contributed by atoms with Gasteiger partial charge >= 0.3 is 0 Å². The molecular formula is C29H31N5O5. The van der Waals surface area contributed by atoms with Crippen LogP contribution in [-0.2, 0) is 0 Å². The van der Waals surface area contributed by atoms with Gasteiger partial charge in [0.05, 0.1) is 34.2 Å². The Hall–Kier alpha value is -4.57. The molecule has 0 spiro atoms. The molecule has 4 aromatic rings. The van der Waals surface area contributed by atoms with Crippen LogP contribution >= 0.6 is 0 Å². The van der Waals surface area contributed by atoms with Crippen LogP contribution in [0.1, 0.15) is 36.1 Å². The number of nitrogens with zero attached hydrogens (tertiary/aromatic N) is 5. The number of nitro benzene ring substituents is 1. The number of amides is 1. The number of carbonyl (C=O) groups excluding carboxylic acids is 1. The Morgan fingerprint density at radius 2 is 1.69 bits per heavy atom. The Labute approximate surface area is 226 Å². The van der Waals surface area contributed by atoms with Gasteiger partial charge in [-0.25, -0.2) is 4.98 Å². The van der Waals surface area contributed by atoms with Gasteiger partial charge in [0.25, 0.3) is 17.2 Å². The maximum Gasteiger partial charge on any atom is 0.269 e. The van der Waals surface area contributed by atoms with Crippen LogP contribution in [0.15, 0.2) is 77.6 Å². The Kier molecular flexibility index (Phi) is 8.36. The van der Waals surface area contributed by atoms with Gasteiger partial charge in [0, 0.05) is 30.8 Å². The SMILES string of the molecule is CCOc1ccccc1-n1c(C(C)N(CCN(C)C)C(=O)c2ccc([N+](=O)[O-])cc2)nc2ccccc2c1=O. The van der Waals surface area contributed by atoms with E-state index in [0.29, 0.717) is 53.4 Å². The van der Waals surface area contributed by atoms with Crippen LogP contribution in [0.2, 0.25) is 0 Å². The third kappa shape index (κ3) is 5.80. The molecule has 3 aromatic carbocycles. The molecule has 0 saturated heterocycles. The summed E-state index contributed by atoms with van der Waals surface area (Å²) in [5, 5.41) is 11.6. The van der Waals surface area contributed by atoms with Crippen molar-refractivity contribution in [2.45, 2.75) is 19.9 Å². The van der Waals surface area contributed by atoms with E-state index in [4.69, 9.17) is 9.72 Å². The fourth-order valence-electron chi connectivity index (χ4n) is 4.39. The average Bonchev–Trinajstić information content (AvgIpc) is 2.93. The first-order chi connectivity index (χ1) is 18.7. The molecule has 39 heavy (non-hydrogen) atoms. The largest absolute Gasteiger partial charge is 0.492 e. The number of non-ortho nitro benzene ring substituents is 1. The van der Waals surface area contributed by atoms with E-state index in [-0.39, 0.29) is 17.2 Å². The van der Waals surface area contributed by atoms with E-state index in [1.165, 1.54) is 28.8 Å². The summed E-state index contributed by atoms with van der Waals surface area (Å²) in [4.78, 5) is 46.8. The molecule has 202 valence electrons. The topological polar surface area (TPSA) is 111 Å². The summed E-state index contributed by atoms with van der Waals surface area (Å²) >= 11 is 0. The first-order valence-corrected chi connectivity index (χ1v) is 12.7. The number of fused-ring (bicyclic) bond motifs is 1. The highest BCUT2D eigenvalue weighted by Crippen LogP contribution is 2.29. The second-order valence-electron chi connectivity index (χ2n) is 9.31. The van der Waals surface area contributed by atoms with Gasteiger partial charge in [-0.1, -0.05) is 24.3 Å². The number of likely N-dealkylation sites (N-methyl/N-ethyl adjacent to an activating group) is 1. The van der Waals surface area contributed by atoms with Crippen molar-refractivity contribution in [1.29, 1.82) is 0 Å². The minimum absolute atomic E-state index is 0.1000. The number of carbonyl (C=O) groups is 1. The highest BCUT2D eigenvalue weighted by molar-refractivity contribution is 5.94. The van der Waals surface area contributed by atoms with Crippen molar-refractivity contribution in [2.75, 3.05) is 33.8 Å². The third-order valence-electron chi connectivity index (χ3n) is 6.42. The molecule has 0 N–H and O–H groups in total. The molecule has 0 radical (unpaired) electrons. The van der Waals surface area contributed by atoms with E-state index in [9.17, 15) is 19.7 Å². The minimum atomic E-state index is -0.639. The predicted molar refractivity (Wildman–Crippen MR) is 150 cm³/mol. The molecule has 1 amide bonds. The quantitative estimate of drug-likeness (QED) is 0.220. The maximum absolute atomic E-state index is 13.9. The number of ether oxygens (including phenoxy) is 1. The zero-order valence-corrected chi connectivity index (χ0v) is 22.4. The molecule has 0 saturated carbocycles. The number of nitro groups is 1. The van der Waals surface area contributed by atoms with E-state index in [2.05, 4.69) is 0 Å². The summed E-state index contributed by atoms with van der Waals surface area (Å²) < 4.78 is 7.37. The van der Waals surface area contributed by atoms with Crippen LogP contribution in [0.5, 0.6) is 5.75 Å². The van der Waals surface area contributed by atoms with Crippen molar-refractivity contribution >= 4 is 22.5 Å². The van der Waals surface area contributed by atoms with E-state index < -0.39 is 11.0 Å². The lowest BCUT2D eigenvalue weighted by atomic mass is 10.1. The summed E-state index contributed by atoms with van der Waals surface area (Å²) in [5.74, 6) is 0.570. The van der Waals surface area contributed by atoms with Crippen molar-refractivity contribution in [2.24, 2.45) is 0 Å². The molecule has 0 aliphatic rings.